The number of nitrogens with zero attached hydrogens (tertiary/aromatic N) is 4. The molecular formula is C15H22N6O2. The van der Waals surface area contributed by atoms with Gasteiger partial charge in [-0.25, -0.2) is 9.59 Å². The standard InChI is InChI=1S/C15H22N6O2/c22-14-16-5-6-20(14)12-7-17-21(10-12)13-8-19(9-13)15(23)18-11-3-1-2-4-11/h7,10-11,13H,1-6,8-9H2,(H,16,22)(H,18,23). The molecule has 8 heteroatoms. The van der Waals surface area contributed by atoms with Gasteiger partial charge in [-0.05, 0) is 12.8 Å². The van der Waals surface area contributed by atoms with E-state index < -0.39 is 0 Å². The van der Waals surface area contributed by atoms with Crippen LogP contribution in [0.2, 0.25) is 0 Å². The fraction of sp³-hybridized carbons (Fsp3) is 0.667. The van der Waals surface area contributed by atoms with Gasteiger partial charge in [0.15, 0.2) is 0 Å². The highest BCUT2D eigenvalue weighted by Gasteiger charge is 2.34. The van der Waals surface area contributed by atoms with E-state index in [0.29, 0.717) is 32.2 Å². The Kier molecular flexibility index (Phi) is 3.59. The summed E-state index contributed by atoms with van der Waals surface area (Å²) in [7, 11) is 0. The van der Waals surface area contributed by atoms with E-state index in [4.69, 9.17) is 0 Å². The molecule has 2 saturated heterocycles. The van der Waals surface area contributed by atoms with Crippen molar-refractivity contribution >= 4 is 17.7 Å². The monoisotopic (exact) mass is 318 g/mol. The number of carbonyl (C=O) groups excluding carboxylic acids is 2. The van der Waals surface area contributed by atoms with Gasteiger partial charge >= 0.3 is 12.1 Å². The maximum atomic E-state index is 12.1. The van der Waals surface area contributed by atoms with Gasteiger partial charge in [0, 0.05) is 38.4 Å². The lowest BCUT2D eigenvalue weighted by Crippen LogP contribution is -2.55. The van der Waals surface area contributed by atoms with E-state index in [1.807, 2.05) is 15.8 Å². The van der Waals surface area contributed by atoms with E-state index in [-0.39, 0.29) is 18.1 Å². The molecule has 3 fully saturated rings. The van der Waals surface area contributed by atoms with E-state index >= 15 is 0 Å². The first kappa shape index (κ1) is 14.3. The minimum absolute atomic E-state index is 0.0412. The molecule has 1 aromatic heterocycles. The van der Waals surface area contributed by atoms with Crippen molar-refractivity contribution in [1.29, 1.82) is 0 Å². The molecule has 0 spiro atoms. The van der Waals surface area contributed by atoms with Crippen LogP contribution < -0.4 is 15.5 Å². The van der Waals surface area contributed by atoms with Crippen LogP contribution in [0.5, 0.6) is 0 Å². The number of carbonyl (C=O) groups is 2. The second-order valence-corrected chi connectivity index (χ2v) is 6.55. The van der Waals surface area contributed by atoms with E-state index in [1.165, 1.54) is 12.8 Å². The van der Waals surface area contributed by atoms with Crippen molar-refractivity contribution in [2.45, 2.75) is 37.8 Å². The van der Waals surface area contributed by atoms with Crippen molar-refractivity contribution in [2.24, 2.45) is 0 Å². The zero-order valence-corrected chi connectivity index (χ0v) is 13.1. The highest BCUT2D eigenvalue weighted by molar-refractivity contribution is 5.93. The summed E-state index contributed by atoms with van der Waals surface area (Å²) in [5.41, 5.74) is 0.814. The number of likely N-dealkylation sites (tertiary alicyclic amines) is 1. The van der Waals surface area contributed by atoms with Crippen LogP contribution in [0.1, 0.15) is 31.7 Å². The van der Waals surface area contributed by atoms with Crippen LogP contribution in [0.3, 0.4) is 0 Å². The van der Waals surface area contributed by atoms with Crippen molar-refractivity contribution in [2.75, 3.05) is 31.1 Å². The second-order valence-electron chi connectivity index (χ2n) is 6.55. The normalized spacial score (nSPS) is 22.3. The van der Waals surface area contributed by atoms with Gasteiger partial charge in [0.1, 0.15) is 0 Å². The topological polar surface area (TPSA) is 82.5 Å². The molecule has 1 aliphatic carbocycles. The molecule has 0 bridgehead atoms. The Bertz CT molecular complexity index is 603. The molecule has 0 atom stereocenters. The zero-order chi connectivity index (χ0) is 15.8. The molecule has 3 heterocycles. The molecule has 0 aromatic carbocycles. The predicted octanol–water partition coefficient (Wildman–Crippen LogP) is 0.922. The first-order chi connectivity index (χ1) is 11.2. The van der Waals surface area contributed by atoms with Gasteiger partial charge in [0.05, 0.1) is 17.9 Å². The van der Waals surface area contributed by atoms with Gasteiger partial charge in [-0.1, -0.05) is 12.8 Å². The van der Waals surface area contributed by atoms with E-state index in [2.05, 4.69) is 15.7 Å². The average Bonchev–Trinajstić information content (AvgIpc) is 3.18. The molecule has 0 radical (unpaired) electrons. The van der Waals surface area contributed by atoms with Crippen LogP contribution in [0, 0.1) is 0 Å². The Labute approximate surface area is 134 Å². The van der Waals surface area contributed by atoms with Crippen molar-refractivity contribution < 1.29 is 9.59 Å². The van der Waals surface area contributed by atoms with Crippen molar-refractivity contribution in [3.05, 3.63) is 12.4 Å². The fourth-order valence-electron chi connectivity index (χ4n) is 3.51. The Morgan fingerprint density at radius 3 is 2.78 bits per heavy atom. The van der Waals surface area contributed by atoms with Crippen LogP contribution in [-0.4, -0.2) is 59.0 Å². The Balaban J connectivity index is 1.30. The smallest absolute Gasteiger partial charge is 0.322 e. The summed E-state index contributed by atoms with van der Waals surface area (Å²) < 4.78 is 1.86. The summed E-state index contributed by atoms with van der Waals surface area (Å²) in [5.74, 6) is 0. The number of nitrogens with one attached hydrogen (secondary N) is 2. The van der Waals surface area contributed by atoms with Crippen LogP contribution in [0.25, 0.3) is 0 Å². The van der Waals surface area contributed by atoms with Gasteiger partial charge in [-0.2, -0.15) is 5.10 Å². The summed E-state index contributed by atoms with van der Waals surface area (Å²) in [6.07, 6.45) is 8.24. The molecule has 4 rings (SSSR count). The third kappa shape index (κ3) is 2.73. The van der Waals surface area contributed by atoms with Crippen LogP contribution in [0.15, 0.2) is 12.4 Å². The summed E-state index contributed by atoms with van der Waals surface area (Å²) in [6.45, 7) is 2.69. The highest BCUT2D eigenvalue weighted by atomic mass is 16.2. The third-order valence-electron chi connectivity index (χ3n) is 4.96. The van der Waals surface area contributed by atoms with Gasteiger partial charge in [-0.15, -0.1) is 0 Å². The van der Waals surface area contributed by atoms with Gasteiger partial charge in [0.2, 0.25) is 0 Å². The number of rotatable bonds is 3. The number of aromatic nitrogens is 2. The lowest BCUT2D eigenvalue weighted by atomic mass is 10.1. The highest BCUT2D eigenvalue weighted by Crippen LogP contribution is 2.25. The van der Waals surface area contributed by atoms with Crippen LogP contribution in [-0.2, 0) is 0 Å². The van der Waals surface area contributed by atoms with E-state index in [1.54, 1.807) is 11.1 Å². The molecule has 1 saturated carbocycles. The first-order valence-electron chi connectivity index (χ1n) is 8.35. The molecular weight excluding hydrogens is 296 g/mol. The minimum atomic E-state index is -0.0734. The first-order valence-corrected chi connectivity index (χ1v) is 8.35. The molecule has 2 N–H and O–H groups in total. The Morgan fingerprint density at radius 2 is 2.09 bits per heavy atom. The average molecular weight is 318 g/mol. The number of anilines is 1. The Hall–Kier alpha value is -2.25. The number of urea groups is 2. The lowest BCUT2D eigenvalue weighted by molar-refractivity contribution is 0.116. The van der Waals surface area contributed by atoms with Gasteiger partial charge < -0.3 is 15.5 Å². The third-order valence-corrected chi connectivity index (χ3v) is 4.96. The maximum absolute atomic E-state index is 12.1. The van der Waals surface area contributed by atoms with Crippen LogP contribution in [0.4, 0.5) is 15.3 Å². The largest absolute Gasteiger partial charge is 0.336 e. The molecule has 124 valence electrons. The predicted molar refractivity (Wildman–Crippen MR) is 84.4 cm³/mol. The maximum Gasteiger partial charge on any atom is 0.322 e. The summed E-state index contributed by atoms with van der Waals surface area (Å²) in [4.78, 5) is 27.3. The summed E-state index contributed by atoms with van der Waals surface area (Å²) in [5, 5.41) is 10.2. The summed E-state index contributed by atoms with van der Waals surface area (Å²) >= 11 is 0. The number of hydrogen-bond donors (Lipinski definition) is 2. The molecule has 4 amide bonds. The minimum Gasteiger partial charge on any atom is -0.336 e. The fourth-order valence-corrected chi connectivity index (χ4v) is 3.51. The molecule has 8 nitrogen and oxygen atoms in total. The second kappa shape index (κ2) is 5.75. The van der Waals surface area contributed by atoms with E-state index in [9.17, 15) is 9.59 Å². The lowest BCUT2D eigenvalue weighted by Gasteiger charge is -2.39. The van der Waals surface area contributed by atoms with Gasteiger partial charge in [-0.3, -0.25) is 9.58 Å². The Morgan fingerprint density at radius 1 is 1.30 bits per heavy atom. The summed E-state index contributed by atoms with van der Waals surface area (Å²) in [6, 6.07) is 0.519. The van der Waals surface area contributed by atoms with Crippen molar-refractivity contribution in [1.82, 2.24) is 25.3 Å². The number of hydrogen-bond acceptors (Lipinski definition) is 3. The van der Waals surface area contributed by atoms with E-state index in [0.717, 1.165) is 18.5 Å². The SMILES string of the molecule is O=C(NC1CCCC1)N1CC(n2cc(N3CCNC3=O)cn2)C1. The molecule has 1 aromatic rings. The zero-order valence-electron chi connectivity index (χ0n) is 13.1. The van der Waals surface area contributed by atoms with Crippen LogP contribution >= 0.6 is 0 Å². The molecule has 23 heavy (non-hydrogen) atoms. The molecule has 2 aliphatic heterocycles. The molecule has 3 aliphatic rings. The quantitative estimate of drug-likeness (QED) is 0.869. The number of amides is 4. The van der Waals surface area contributed by atoms with Crippen molar-refractivity contribution in [3.63, 3.8) is 0 Å². The molecule has 0 unspecified atom stereocenters. The van der Waals surface area contributed by atoms with Crippen molar-refractivity contribution in [3.8, 4) is 0 Å². The van der Waals surface area contributed by atoms with Gasteiger partial charge in [0.25, 0.3) is 0 Å².